The summed E-state index contributed by atoms with van der Waals surface area (Å²) in [5.41, 5.74) is -0.232. The summed E-state index contributed by atoms with van der Waals surface area (Å²) in [6.07, 6.45) is 0. The lowest BCUT2D eigenvalue weighted by molar-refractivity contribution is -0.140. The van der Waals surface area contributed by atoms with Gasteiger partial charge in [-0.1, -0.05) is 48.0 Å². The van der Waals surface area contributed by atoms with Gasteiger partial charge in [-0.15, -0.1) is 0 Å². The Morgan fingerprint density at radius 1 is 1.10 bits per heavy atom. The fourth-order valence-electron chi connectivity index (χ4n) is 2.66. The van der Waals surface area contributed by atoms with Crippen molar-refractivity contribution in [1.82, 2.24) is 0 Å². The number of aliphatic hydroxyl groups is 2. The van der Waals surface area contributed by atoms with Crippen molar-refractivity contribution in [3.63, 3.8) is 0 Å². The largest absolute Gasteiger partial charge is 0.392 e. The van der Waals surface area contributed by atoms with Crippen LogP contribution in [0.3, 0.4) is 0 Å². The molecule has 3 rings (SSSR count). The zero-order valence-electron chi connectivity index (χ0n) is 11.2. The van der Waals surface area contributed by atoms with Gasteiger partial charge in [-0.05, 0) is 17.7 Å². The molecular formula is C16H14ClNO3. The normalized spacial score (nSPS) is 20.7. The summed E-state index contributed by atoms with van der Waals surface area (Å²) in [6.45, 7) is -0.386. The van der Waals surface area contributed by atoms with Crippen LogP contribution in [-0.4, -0.2) is 22.7 Å². The lowest BCUT2D eigenvalue weighted by Gasteiger charge is -2.21. The maximum atomic E-state index is 12.5. The van der Waals surface area contributed by atoms with E-state index >= 15 is 0 Å². The van der Waals surface area contributed by atoms with Gasteiger partial charge in [0.15, 0.2) is 5.60 Å². The average molecular weight is 304 g/mol. The zero-order chi connectivity index (χ0) is 15.0. The first kappa shape index (κ1) is 14.1. The van der Waals surface area contributed by atoms with Crippen LogP contribution in [0.1, 0.15) is 11.1 Å². The number of hydrogen-bond donors (Lipinski definition) is 2. The molecule has 2 N–H and O–H groups in total. The number of benzene rings is 2. The Bertz CT molecular complexity index is 689. The quantitative estimate of drug-likeness (QED) is 0.912. The summed E-state index contributed by atoms with van der Waals surface area (Å²) >= 11 is 6.12. The summed E-state index contributed by atoms with van der Waals surface area (Å²) in [5, 5.41) is 20.3. The Morgan fingerprint density at radius 2 is 1.81 bits per heavy atom. The molecule has 0 saturated heterocycles. The third kappa shape index (κ3) is 2.12. The molecule has 0 spiro atoms. The van der Waals surface area contributed by atoms with Crippen LogP contribution in [0.5, 0.6) is 0 Å². The molecule has 2 aromatic carbocycles. The number of anilines is 1. The molecule has 0 bridgehead atoms. The fourth-order valence-corrected chi connectivity index (χ4v) is 2.98. The predicted molar refractivity (Wildman–Crippen MR) is 80.1 cm³/mol. The van der Waals surface area contributed by atoms with E-state index in [0.29, 0.717) is 12.2 Å². The van der Waals surface area contributed by atoms with Gasteiger partial charge in [0.2, 0.25) is 0 Å². The zero-order valence-corrected chi connectivity index (χ0v) is 11.9. The molecule has 2 aromatic rings. The highest BCUT2D eigenvalue weighted by Crippen LogP contribution is 2.44. The third-order valence-corrected chi connectivity index (χ3v) is 4.02. The number of carbonyl (C=O) groups is 1. The van der Waals surface area contributed by atoms with Gasteiger partial charge in [-0.2, -0.15) is 0 Å². The molecular weight excluding hydrogens is 290 g/mol. The number of amides is 1. The van der Waals surface area contributed by atoms with E-state index in [1.165, 1.54) is 4.90 Å². The topological polar surface area (TPSA) is 60.8 Å². The highest BCUT2D eigenvalue weighted by atomic mass is 35.5. The molecule has 108 valence electrons. The molecule has 1 atom stereocenters. The highest BCUT2D eigenvalue weighted by Gasteiger charge is 2.50. The minimum atomic E-state index is -1.97. The maximum absolute atomic E-state index is 12.5. The van der Waals surface area contributed by atoms with E-state index in [2.05, 4.69) is 0 Å². The summed E-state index contributed by atoms with van der Waals surface area (Å²) in [4.78, 5) is 14.0. The Balaban J connectivity index is 2.08. The Labute approximate surface area is 127 Å². The number of rotatable bonds is 3. The van der Waals surface area contributed by atoms with Gasteiger partial charge in [0.05, 0.1) is 18.8 Å². The third-order valence-electron chi connectivity index (χ3n) is 3.71. The lowest BCUT2D eigenvalue weighted by atomic mass is 9.96. The SMILES string of the molecule is O=C1N(Cc2ccccc2)c2cccc(Cl)c2C1(O)CO. The first-order valence-corrected chi connectivity index (χ1v) is 6.94. The highest BCUT2D eigenvalue weighted by molar-refractivity contribution is 6.33. The molecule has 0 saturated carbocycles. The molecule has 5 heteroatoms. The number of hydrogen-bond acceptors (Lipinski definition) is 3. The van der Waals surface area contributed by atoms with Crippen molar-refractivity contribution in [3.05, 3.63) is 64.7 Å². The van der Waals surface area contributed by atoms with Gasteiger partial charge >= 0.3 is 0 Å². The molecule has 4 nitrogen and oxygen atoms in total. The van der Waals surface area contributed by atoms with Crippen molar-refractivity contribution in [2.75, 3.05) is 11.5 Å². The van der Waals surface area contributed by atoms with Crippen LogP contribution < -0.4 is 4.90 Å². The fraction of sp³-hybridized carbons (Fsp3) is 0.188. The minimum absolute atomic E-state index is 0.271. The number of aliphatic hydroxyl groups excluding tert-OH is 1. The van der Waals surface area contributed by atoms with Crippen molar-refractivity contribution in [2.24, 2.45) is 0 Å². The van der Waals surface area contributed by atoms with Crippen molar-refractivity contribution in [1.29, 1.82) is 0 Å². The molecule has 0 radical (unpaired) electrons. The number of nitrogens with zero attached hydrogens (tertiary/aromatic N) is 1. The Morgan fingerprint density at radius 3 is 2.48 bits per heavy atom. The molecule has 21 heavy (non-hydrogen) atoms. The molecule has 0 fully saturated rings. The average Bonchev–Trinajstić information content (AvgIpc) is 2.72. The summed E-state index contributed by atoms with van der Waals surface area (Å²) < 4.78 is 0. The van der Waals surface area contributed by atoms with Crippen LogP contribution in [0.2, 0.25) is 5.02 Å². The predicted octanol–water partition coefficient (Wildman–Crippen LogP) is 2.07. The minimum Gasteiger partial charge on any atom is -0.392 e. The van der Waals surface area contributed by atoms with Gasteiger partial charge < -0.3 is 15.1 Å². The van der Waals surface area contributed by atoms with Crippen molar-refractivity contribution >= 4 is 23.2 Å². The number of halogens is 1. The van der Waals surface area contributed by atoms with Crippen LogP contribution in [-0.2, 0) is 16.9 Å². The molecule has 1 amide bonds. The lowest BCUT2D eigenvalue weighted by Crippen LogP contribution is -2.42. The molecule has 1 aliphatic heterocycles. The second kappa shape index (κ2) is 5.15. The standard InChI is InChI=1S/C16H14ClNO3/c17-12-7-4-8-13-14(12)16(21,10-19)15(20)18(13)9-11-5-2-1-3-6-11/h1-8,19,21H,9-10H2. The Hall–Kier alpha value is -1.88. The first-order chi connectivity index (χ1) is 10.1. The summed E-state index contributed by atoms with van der Waals surface area (Å²) in [7, 11) is 0. The van der Waals surface area contributed by atoms with Gasteiger partial charge in [-0.3, -0.25) is 4.79 Å². The monoisotopic (exact) mass is 303 g/mol. The van der Waals surface area contributed by atoms with Gasteiger partial charge in [0.25, 0.3) is 5.91 Å². The first-order valence-electron chi connectivity index (χ1n) is 6.56. The molecule has 0 aromatic heterocycles. The van der Waals surface area contributed by atoms with E-state index < -0.39 is 18.1 Å². The molecule has 1 heterocycles. The second-order valence-corrected chi connectivity index (χ2v) is 5.44. The van der Waals surface area contributed by atoms with Crippen LogP contribution in [0, 0.1) is 0 Å². The maximum Gasteiger partial charge on any atom is 0.266 e. The molecule has 1 aliphatic rings. The van der Waals surface area contributed by atoms with Crippen molar-refractivity contribution < 1.29 is 15.0 Å². The molecule has 0 aliphatic carbocycles. The summed E-state index contributed by atoms with van der Waals surface area (Å²) in [5.74, 6) is -0.558. The van der Waals surface area contributed by atoms with E-state index in [-0.39, 0.29) is 10.6 Å². The van der Waals surface area contributed by atoms with Crippen LogP contribution in [0.25, 0.3) is 0 Å². The van der Waals surface area contributed by atoms with Crippen LogP contribution in [0.4, 0.5) is 5.69 Å². The van der Waals surface area contributed by atoms with Gasteiger partial charge in [0, 0.05) is 10.6 Å². The van der Waals surface area contributed by atoms with E-state index in [4.69, 9.17) is 11.6 Å². The smallest absolute Gasteiger partial charge is 0.266 e. The number of carbonyl (C=O) groups excluding carboxylic acids is 1. The number of fused-ring (bicyclic) bond motifs is 1. The van der Waals surface area contributed by atoms with Gasteiger partial charge in [-0.25, -0.2) is 0 Å². The van der Waals surface area contributed by atoms with Crippen molar-refractivity contribution in [2.45, 2.75) is 12.1 Å². The second-order valence-electron chi connectivity index (χ2n) is 5.03. The van der Waals surface area contributed by atoms with Gasteiger partial charge in [0.1, 0.15) is 0 Å². The summed E-state index contributed by atoms with van der Waals surface area (Å²) in [6, 6.07) is 14.5. The van der Waals surface area contributed by atoms with Crippen LogP contribution in [0.15, 0.2) is 48.5 Å². The molecule has 1 unspecified atom stereocenters. The van der Waals surface area contributed by atoms with E-state index in [1.54, 1.807) is 18.2 Å². The van der Waals surface area contributed by atoms with E-state index in [9.17, 15) is 15.0 Å². The van der Waals surface area contributed by atoms with E-state index in [0.717, 1.165) is 5.56 Å². The van der Waals surface area contributed by atoms with Crippen LogP contribution >= 0.6 is 11.6 Å². The Kier molecular flexibility index (Phi) is 3.45. The van der Waals surface area contributed by atoms with Crippen molar-refractivity contribution in [3.8, 4) is 0 Å². The van der Waals surface area contributed by atoms with E-state index in [1.807, 2.05) is 30.3 Å².